The van der Waals surface area contributed by atoms with Crippen LogP contribution in [0.4, 0.5) is 13.2 Å². The van der Waals surface area contributed by atoms with Gasteiger partial charge in [0.15, 0.2) is 11.7 Å². The van der Waals surface area contributed by atoms with Crippen molar-refractivity contribution in [3.05, 3.63) is 16.1 Å². The van der Waals surface area contributed by atoms with Crippen LogP contribution in [0.3, 0.4) is 0 Å². The Bertz CT molecular complexity index is 602. The first kappa shape index (κ1) is 22.9. The molecule has 1 saturated heterocycles. The number of rotatable bonds is 6. The second kappa shape index (κ2) is 10.9. The van der Waals surface area contributed by atoms with Gasteiger partial charge in [-0.1, -0.05) is 0 Å². The van der Waals surface area contributed by atoms with Gasteiger partial charge in [0.1, 0.15) is 5.01 Å². The van der Waals surface area contributed by atoms with Gasteiger partial charge in [0, 0.05) is 38.0 Å². The van der Waals surface area contributed by atoms with E-state index in [1.54, 1.807) is 0 Å². The van der Waals surface area contributed by atoms with Crippen molar-refractivity contribution >= 4 is 47.2 Å². The summed E-state index contributed by atoms with van der Waals surface area (Å²) in [5.41, 5.74) is -0.892. The zero-order valence-electron chi connectivity index (χ0n) is 14.4. The summed E-state index contributed by atoms with van der Waals surface area (Å²) in [7, 11) is 0. The second-order valence-electron chi connectivity index (χ2n) is 5.58. The molecule has 1 aromatic heterocycles. The number of amides is 1. The van der Waals surface area contributed by atoms with E-state index in [0.29, 0.717) is 25.5 Å². The normalized spacial score (nSPS) is 14.9. The van der Waals surface area contributed by atoms with Crippen molar-refractivity contribution < 1.29 is 18.0 Å². The smallest absolute Gasteiger partial charge is 0.357 e. The molecule has 0 atom stereocenters. The molecule has 6 nitrogen and oxygen atoms in total. The summed E-state index contributed by atoms with van der Waals surface area (Å²) in [6.45, 7) is 4.61. The molecule has 0 aliphatic carbocycles. The zero-order valence-corrected chi connectivity index (χ0v) is 17.6. The van der Waals surface area contributed by atoms with E-state index in [1.165, 1.54) is 0 Å². The number of alkyl halides is 3. The predicted octanol–water partition coefficient (Wildman–Crippen LogP) is 2.85. The molecule has 148 valence electrons. The number of thiazole rings is 1. The molecule has 1 aliphatic heterocycles. The standard InChI is InChI=1S/C15H22F3N5OS.HI/c1-2-19-14(20-6-5-13(24)23-7-3-4-8-23)21-9-12-22-11(10-25-12)15(16,17)18;/h10H,2-9H2,1H3,(H2,19,20,21);1H. The van der Waals surface area contributed by atoms with Gasteiger partial charge >= 0.3 is 6.18 Å². The van der Waals surface area contributed by atoms with E-state index in [-0.39, 0.29) is 41.4 Å². The maximum atomic E-state index is 12.5. The number of carbonyl (C=O) groups excluding carboxylic acids is 1. The van der Waals surface area contributed by atoms with Gasteiger partial charge in [-0.15, -0.1) is 35.3 Å². The second-order valence-corrected chi connectivity index (χ2v) is 6.53. The molecule has 0 saturated carbocycles. The fourth-order valence-electron chi connectivity index (χ4n) is 2.41. The van der Waals surface area contributed by atoms with Gasteiger partial charge in [-0.3, -0.25) is 4.79 Å². The number of halogens is 4. The summed E-state index contributed by atoms with van der Waals surface area (Å²) >= 11 is 0.928. The Balaban J connectivity index is 0.00000338. The van der Waals surface area contributed by atoms with Gasteiger partial charge in [0.25, 0.3) is 0 Å². The van der Waals surface area contributed by atoms with Crippen LogP contribution in [0.25, 0.3) is 0 Å². The minimum absolute atomic E-state index is 0. The van der Waals surface area contributed by atoms with E-state index in [2.05, 4.69) is 20.6 Å². The van der Waals surface area contributed by atoms with Gasteiger partial charge in [-0.2, -0.15) is 13.2 Å². The fraction of sp³-hybridized carbons (Fsp3) is 0.667. The Labute approximate surface area is 171 Å². The molecule has 0 radical (unpaired) electrons. The van der Waals surface area contributed by atoms with Gasteiger partial charge in [0.2, 0.25) is 5.91 Å². The lowest BCUT2D eigenvalue weighted by molar-refractivity contribution is -0.140. The van der Waals surface area contributed by atoms with Crippen molar-refractivity contribution in [2.24, 2.45) is 4.99 Å². The number of likely N-dealkylation sites (tertiary alicyclic amines) is 1. The van der Waals surface area contributed by atoms with Gasteiger partial charge in [-0.05, 0) is 19.8 Å². The third-order valence-corrected chi connectivity index (χ3v) is 4.48. The summed E-state index contributed by atoms with van der Waals surface area (Å²) < 4.78 is 37.6. The molecular weight excluding hydrogens is 482 g/mol. The first-order valence-electron chi connectivity index (χ1n) is 8.21. The van der Waals surface area contributed by atoms with Crippen LogP contribution < -0.4 is 10.6 Å². The van der Waals surface area contributed by atoms with Gasteiger partial charge < -0.3 is 15.5 Å². The summed E-state index contributed by atoms with van der Waals surface area (Å²) in [5, 5.41) is 7.31. The minimum Gasteiger partial charge on any atom is -0.357 e. The molecule has 0 unspecified atom stereocenters. The lowest BCUT2D eigenvalue weighted by atomic mass is 10.3. The SMILES string of the molecule is CCNC(=NCc1nc(C(F)(F)F)cs1)NCCC(=O)N1CCCC1.I. The lowest BCUT2D eigenvalue weighted by Gasteiger charge is -2.16. The monoisotopic (exact) mass is 505 g/mol. The Morgan fingerprint density at radius 2 is 2.04 bits per heavy atom. The number of hydrogen-bond acceptors (Lipinski definition) is 4. The number of hydrogen-bond donors (Lipinski definition) is 2. The van der Waals surface area contributed by atoms with Crippen molar-refractivity contribution in [1.29, 1.82) is 0 Å². The average molecular weight is 505 g/mol. The fourth-order valence-corrected chi connectivity index (χ4v) is 3.14. The molecule has 26 heavy (non-hydrogen) atoms. The van der Waals surface area contributed by atoms with Crippen LogP contribution in [0.1, 0.15) is 36.9 Å². The summed E-state index contributed by atoms with van der Waals surface area (Å²) in [5.74, 6) is 0.566. The maximum Gasteiger partial charge on any atom is 0.434 e. The van der Waals surface area contributed by atoms with Crippen LogP contribution in [0, 0.1) is 0 Å². The molecule has 1 aliphatic rings. The highest BCUT2D eigenvalue weighted by molar-refractivity contribution is 14.0. The van der Waals surface area contributed by atoms with E-state index < -0.39 is 11.9 Å². The van der Waals surface area contributed by atoms with E-state index in [9.17, 15) is 18.0 Å². The number of nitrogens with one attached hydrogen (secondary N) is 2. The maximum absolute atomic E-state index is 12.5. The first-order valence-corrected chi connectivity index (χ1v) is 9.09. The summed E-state index contributed by atoms with van der Waals surface area (Å²) in [6, 6.07) is 0. The van der Waals surface area contributed by atoms with E-state index in [4.69, 9.17) is 0 Å². The van der Waals surface area contributed by atoms with E-state index in [0.717, 1.165) is 42.6 Å². The van der Waals surface area contributed by atoms with Crippen molar-refractivity contribution in [2.45, 2.75) is 38.9 Å². The molecule has 0 aromatic carbocycles. The highest BCUT2D eigenvalue weighted by atomic mass is 127. The quantitative estimate of drug-likeness (QED) is 0.355. The highest BCUT2D eigenvalue weighted by Gasteiger charge is 2.33. The summed E-state index contributed by atoms with van der Waals surface area (Å²) in [6.07, 6.45) is -1.97. The first-order chi connectivity index (χ1) is 11.9. The Kier molecular flexibility index (Phi) is 9.61. The van der Waals surface area contributed by atoms with Crippen molar-refractivity contribution in [1.82, 2.24) is 20.5 Å². The van der Waals surface area contributed by atoms with Crippen molar-refractivity contribution in [3.63, 3.8) is 0 Å². The van der Waals surface area contributed by atoms with Gasteiger partial charge in [0.05, 0.1) is 6.54 Å². The molecule has 1 amide bonds. The third kappa shape index (κ3) is 7.25. The molecule has 11 heteroatoms. The topological polar surface area (TPSA) is 69.6 Å². The third-order valence-electron chi connectivity index (χ3n) is 3.65. The molecule has 2 rings (SSSR count). The zero-order chi connectivity index (χ0) is 18.3. The Morgan fingerprint density at radius 1 is 1.35 bits per heavy atom. The minimum atomic E-state index is -4.43. The molecule has 0 spiro atoms. The number of guanidine groups is 1. The largest absolute Gasteiger partial charge is 0.434 e. The predicted molar refractivity (Wildman–Crippen MR) is 106 cm³/mol. The van der Waals surface area contributed by atoms with Crippen molar-refractivity contribution in [2.75, 3.05) is 26.2 Å². The van der Waals surface area contributed by atoms with E-state index >= 15 is 0 Å². The number of aromatic nitrogens is 1. The van der Waals surface area contributed by atoms with Crippen LogP contribution in [0.2, 0.25) is 0 Å². The highest BCUT2D eigenvalue weighted by Crippen LogP contribution is 2.30. The number of aliphatic imine (C=N–C) groups is 1. The van der Waals surface area contributed by atoms with Gasteiger partial charge in [-0.25, -0.2) is 9.98 Å². The van der Waals surface area contributed by atoms with Crippen LogP contribution in [0.5, 0.6) is 0 Å². The lowest BCUT2D eigenvalue weighted by Crippen LogP contribution is -2.39. The molecule has 0 bridgehead atoms. The number of carbonyl (C=O) groups is 1. The van der Waals surface area contributed by atoms with E-state index in [1.807, 2.05) is 11.8 Å². The Hall–Kier alpha value is -1.11. The van der Waals surface area contributed by atoms with Crippen molar-refractivity contribution in [3.8, 4) is 0 Å². The number of nitrogens with zero attached hydrogens (tertiary/aromatic N) is 3. The van der Waals surface area contributed by atoms with Crippen LogP contribution in [0.15, 0.2) is 10.4 Å². The average Bonchev–Trinajstić information content (AvgIpc) is 3.23. The molecular formula is C15H23F3IN5OS. The molecule has 1 fully saturated rings. The molecule has 1 aromatic rings. The van der Waals surface area contributed by atoms with Crippen LogP contribution >= 0.6 is 35.3 Å². The molecule has 2 N–H and O–H groups in total. The summed E-state index contributed by atoms with van der Waals surface area (Å²) in [4.78, 5) is 21.6. The molecule has 2 heterocycles. The van der Waals surface area contributed by atoms with Crippen LogP contribution in [-0.2, 0) is 17.5 Å². The Morgan fingerprint density at radius 3 is 2.62 bits per heavy atom. The van der Waals surface area contributed by atoms with Crippen LogP contribution in [-0.4, -0.2) is 47.9 Å².